The molecule has 0 amide bonds. The summed E-state index contributed by atoms with van der Waals surface area (Å²) in [5, 5.41) is 2.00. The maximum atomic E-state index is 14.3. The van der Waals surface area contributed by atoms with Gasteiger partial charge in [-0.1, -0.05) is 144 Å². The van der Waals surface area contributed by atoms with Gasteiger partial charge in [-0.2, -0.15) is 0 Å². The van der Waals surface area contributed by atoms with E-state index in [1.807, 2.05) is 42.5 Å². The van der Waals surface area contributed by atoms with E-state index in [4.69, 9.17) is 32.8 Å². The number of hydrogen-bond acceptors (Lipinski definition) is 8. The highest BCUT2D eigenvalue weighted by molar-refractivity contribution is 6.99. The first-order valence-electron chi connectivity index (χ1n) is 19.5. The molecule has 0 radical (unpaired) electrons. The van der Waals surface area contributed by atoms with Crippen molar-refractivity contribution in [3.05, 3.63) is 109 Å². The molecule has 0 unspecified atom stereocenters. The minimum atomic E-state index is -3.11. The van der Waals surface area contributed by atoms with Crippen molar-refractivity contribution >= 4 is 24.7 Å². The summed E-state index contributed by atoms with van der Waals surface area (Å²) in [7, 11) is 3.58. The van der Waals surface area contributed by atoms with E-state index in [-0.39, 0.29) is 35.5 Å². The maximum Gasteiger partial charge on any atom is 0.311 e. The van der Waals surface area contributed by atoms with E-state index in [0.717, 1.165) is 35.2 Å². The van der Waals surface area contributed by atoms with Gasteiger partial charge in [-0.25, -0.2) is 0 Å². The van der Waals surface area contributed by atoms with Gasteiger partial charge in [0.05, 0.1) is 18.3 Å². The number of rotatable bonds is 9. The molecule has 0 spiro atoms. The Bertz CT molecular complexity index is 1570. The molecule has 9 heteroatoms. The zero-order valence-corrected chi connectivity index (χ0v) is 34.7. The Balaban J connectivity index is 1.67. The molecule has 1 saturated heterocycles. The van der Waals surface area contributed by atoms with Gasteiger partial charge in [0, 0.05) is 40.3 Å². The van der Waals surface area contributed by atoms with Gasteiger partial charge in [-0.3, -0.25) is 4.79 Å². The molecule has 9 atom stereocenters. The second-order valence-electron chi connectivity index (χ2n) is 15.9. The number of esters is 1. The van der Waals surface area contributed by atoms with Crippen molar-refractivity contribution in [2.75, 3.05) is 28.4 Å². The largest absolute Gasteiger partial charge is 0.457 e. The van der Waals surface area contributed by atoms with Crippen molar-refractivity contribution < 1.29 is 37.6 Å². The van der Waals surface area contributed by atoms with Crippen LogP contribution < -0.4 is 10.4 Å². The molecule has 2 aliphatic rings. The molecule has 0 aromatic heterocycles. The summed E-state index contributed by atoms with van der Waals surface area (Å²) in [6.07, 6.45) is 4.65. The molecule has 0 N–H and O–H groups in total. The summed E-state index contributed by atoms with van der Waals surface area (Å²) in [4.78, 5) is 14.3. The van der Waals surface area contributed by atoms with Crippen LogP contribution in [0.1, 0.15) is 78.4 Å². The third kappa shape index (κ3) is 8.94. The molecule has 0 saturated carbocycles. The Morgan fingerprint density at radius 3 is 1.83 bits per heavy atom. The molecule has 3 aromatic rings. The number of carbonyl (C=O) groups is 1. The fourth-order valence-electron chi connectivity index (χ4n) is 8.66. The molecule has 1 fully saturated rings. The lowest BCUT2D eigenvalue weighted by Gasteiger charge is -2.55. The topological polar surface area (TPSA) is 81.7 Å². The summed E-state index contributed by atoms with van der Waals surface area (Å²) in [5.41, 5.74) is 0.945. The molecule has 294 valence electrons. The molecular weight excluding hydrogens is 697 g/mol. The monoisotopic (exact) mass is 758 g/mol. The van der Waals surface area contributed by atoms with Crippen LogP contribution in [0.2, 0.25) is 5.04 Å². The van der Waals surface area contributed by atoms with Gasteiger partial charge in [0.1, 0.15) is 24.7 Å². The first-order chi connectivity index (χ1) is 25.9. The Kier molecular flexibility index (Phi) is 14.5. The fourth-order valence-corrected chi connectivity index (χ4v) is 13.4. The van der Waals surface area contributed by atoms with E-state index < -0.39 is 44.5 Å². The quantitative estimate of drug-likeness (QED) is 0.124. The normalized spacial score (nSPS) is 31.0. The van der Waals surface area contributed by atoms with Crippen LogP contribution in [-0.4, -0.2) is 79.0 Å². The van der Waals surface area contributed by atoms with Crippen LogP contribution in [0.25, 0.3) is 0 Å². The maximum absolute atomic E-state index is 14.3. The number of hydrogen-bond donors (Lipinski definition) is 0. The van der Waals surface area contributed by atoms with Crippen LogP contribution in [0.4, 0.5) is 0 Å². The van der Waals surface area contributed by atoms with E-state index in [1.54, 1.807) is 28.4 Å². The molecule has 54 heavy (non-hydrogen) atoms. The lowest BCUT2D eigenvalue weighted by Crippen LogP contribution is -2.73. The number of cyclic esters (lactones) is 1. The summed E-state index contributed by atoms with van der Waals surface area (Å²) >= 11 is 0. The van der Waals surface area contributed by atoms with Gasteiger partial charge in [-0.15, -0.1) is 0 Å². The van der Waals surface area contributed by atoms with E-state index in [0.29, 0.717) is 6.42 Å². The minimum Gasteiger partial charge on any atom is -0.457 e. The van der Waals surface area contributed by atoms with Gasteiger partial charge in [0.25, 0.3) is 8.32 Å². The van der Waals surface area contributed by atoms with E-state index >= 15 is 0 Å². The number of methoxy groups -OCH3 is 4. The second-order valence-corrected chi connectivity index (χ2v) is 20.2. The third-order valence-corrected chi connectivity index (χ3v) is 16.6. The Labute approximate surface area is 324 Å². The van der Waals surface area contributed by atoms with Crippen LogP contribution in [0.5, 0.6) is 0 Å². The lowest BCUT2D eigenvalue weighted by atomic mass is 9.80. The third-order valence-electron chi connectivity index (χ3n) is 11.5. The summed E-state index contributed by atoms with van der Waals surface area (Å²) in [6.45, 7) is 11.1. The zero-order chi connectivity index (χ0) is 38.9. The number of carbonyl (C=O) groups excluding carboxylic acids is 1. The lowest BCUT2D eigenvalue weighted by molar-refractivity contribution is -0.352. The van der Waals surface area contributed by atoms with Crippen molar-refractivity contribution in [1.82, 2.24) is 0 Å². The van der Waals surface area contributed by atoms with E-state index in [2.05, 4.69) is 95.3 Å². The molecule has 5 rings (SSSR count). The molecule has 3 aromatic carbocycles. The Morgan fingerprint density at radius 2 is 1.31 bits per heavy atom. The second kappa shape index (κ2) is 18.7. The summed E-state index contributed by atoms with van der Waals surface area (Å²) in [5.74, 6) is -2.26. The molecular formula is C45H62O8Si. The van der Waals surface area contributed by atoms with Crippen molar-refractivity contribution in [2.45, 2.75) is 114 Å². The number of benzene rings is 3. The fraction of sp³-hybridized carbons (Fsp3) is 0.533. The average Bonchev–Trinajstić information content (AvgIpc) is 3.18. The SMILES string of the molecule is CO[C@H]1CCCC[C@@H](c2ccccc2)OC(=O)C[C@@]2(OC)O[C@H]([C@@H](C)[C@H](O[Si](c3ccccc3)(c3ccccc3)C(C)(C)C)[C@H]2OC)[C@@H](C)/C=C/[C@H]1OC. The van der Waals surface area contributed by atoms with Crippen molar-refractivity contribution in [1.29, 1.82) is 0 Å². The van der Waals surface area contributed by atoms with Gasteiger partial charge < -0.3 is 32.8 Å². The smallest absolute Gasteiger partial charge is 0.311 e. The van der Waals surface area contributed by atoms with Crippen molar-refractivity contribution in [2.24, 2.45) is 11.8 Å². The van der Waals surface area contributed by atoms with E-state index in [1.165, 1.54) is 0 Å². The van der Waals surface area contributed by atoms with Crippen LogP contribution in [-0.2, 0) is 37.6 Å². The predicted molar refractivity (Wildman–Crippen MR) is 215 cm³/mol. The Morgan fingerprint density at radius 1 is 0.741 bits per heavy atom. The van der Waals surface area contributed by atoms with Crippen LogP contribution >= 0.6 is 0 Å². The van der Waals surface area contributed by atoms with Gasteiger partial charge in [-0.05, 0) is 40.2 Å². The number of fused-ring (bicyclic) bond motifs is 2. The van der Waals surface area contributed by atoms with E-state index in [9.17, 15) is 4.79 Å². The zero-order valence-electron chi connectivity index (χ0n) is 33.7. The molecule has 2 aliphatic heterocycles. The highest BCUT2D eigenvalue weighted by Crippen LogP contribution is 2.46. The van der Waals surface area contributed by atoms with Gasteiger partial charge >= 0.3 is 5.97 Å². The highest BCUT2D eigenvalue weighted by Gasteiger charge is 2.61. The molecule has 2 heterocycles. The Hall–Kier alpha value is -3.15. The average molecular weight is 759 g/mol. The molecule has 2 bridgehead atoms. The van der Waals surface area contributed by atoms with Crippen molar-refractivity contribution in [3.63, 3.8) is 0 Å². The summed E-state index contributed by atoms with van der Waals surface area (Å²) < 4.78 is 46.1. The van der Waals surface area contributed by atoms with Crippen LogP contribution in [0, 0.1) is 11.8 Å². The van der Waals surface area contributed by atoms with Gasteiger partial charge in [0.15, 0.2) is 0 Å². The highest BCUT2D eigenvalue weighted by atomic mass is 28.4. The molecule has 0 aliphatic carbocycles. The van der Waals surface area contributed by atoms with Gasteiger partial charge in [0.2, 0.25) is 5.79 Å². The molecule has 8 nitrogen and oxygen atoms in total. The standard InChI is InChI=1S/C45H62O8Si/c1-32-29-30-39(48-7)38(47-6)28-20-19-27-37(34-21-13-10-14-22-34)51-40(46)31-45(50-9)43(49-8)42(33(2)41(32)52-45)53-54(44(3,4)5,35-23-15-11-16-24-35)36-25-17-12-18-26-36/h10-18,21-26,29-30,32-33,37-39,41-43H,19-20,27-28,31H2,1-9H3/b30-29+/t32-,33+,37-,38-,39+,41-,42-,43+,45+/m0/s1. The number of ether oxygens (including phenoxy) is 6. The van der Waals surface area contributed by atoms with Crippen LogP contribution in [0.3, 0.4) is 0 Å². The first kappa shape index (κ1) is 42.0. The first-order valence-corrected chi connectivity index (χ1v) is 21.4. The predicted octanol–water partition coefficient (Wildman–Crippen LogP) is 7.80. The van der Waals surface area contributed by atoms with Crippen LogP contribution in [0.15, 0.2) is 103 Å². The minimum absolute atomic E-state index is 0.131. The van der Waals surface area contributed by atoms with Crippen molar-refractivity contribution in [3.8, 4) is 0 Å². The summed E-state index contributed by atoms with van der Waals surface area (Å²) in [6, 6.07) is 31.1.